The number of hydrogen-bond acceptors (Lipinski definition) is 6. The first-order chi connectivity index (χ1) is 9.01. The second kappa shape index (κ2) is 5.23. The molecule has 0 saturated heterocycles. The van der Waals surface area contributed by atoms with Crippen LogP contribution in [0.15, 0.2) is 18.2 Å². The lowest BCUT2D eigenvalue weighted by atomic mass is 10.1. The SMILES string of the molecule is COc1ccc([N+](=O)[O-])cc1Cc1sc(N)nc1C. The molecular weight excluding hydrogens is 266 g/mol. The maximum Gasteiger partial charge on any atom is 0.269 e. The minimum absolute atomic E-state index is 0.0472. The van der Waals surface area contributed by atoms with Crippen molar-refractivity contribution in [3.8, 4) is 5.75 Å². The van der Waals surface area contributed by atoms with E-state index in [9.17, 15) is 10.1 Å². The van der Waals surface area contributed by atoms with Gasteiger partial charge in [-0.15, -0.1) is 11.3 Å². The van der Waals surface area contributed by atoms with Crippen molar-refractivity contribution in [2.75, 3.05) is 12.8 Å². The highest BCUT2D eigenvalue weighted by molar-refractivity contribution is 7.15. The van der Waals surface area contributed by atoms with Crippen molar-refractivity contribution in [3.63, 3.8) is 0 Å². The molecule has 0 amide bonds. The number of nitrogens with zero attached hydrogens (tertiary/aromatic N) is 2. The molecule has 19 heavy (non-hydrogen) atoms. The van der Waals surface area contributed by atoms with Gasteiger partial charge in [0.2, 0.25) is 0 Å². The number of aryl methyl sites for hydroxylation is 1. The van der Waals surface area contributed by atoms with Gasteiger partial charge in [0.1, 0.15) is 5.75 Å². The summed E-state index contributed by atoms with van der Waals surface area (Å²) in [6.07, 6.45) is 0.519. The van der Waals surface area contributed by atoms with Crippen LogP contribution in [-0.2, 0) is 6.42 Å². The molecule has 1 heterocycles. The van der Waals surface area contributed by atoms with E-state index in [-0.39, 0.29) is 5.69 Å². The molecule has 0 spiro atoms. The highest BCUT2D eigenvalue weighted by Crippen LogP contribution is 2.29. The Balaban J connectivity index is 2.39. The summed E-state index contributed by atoms with van der Waals surface area (Å²) in [4.78, 5) is 15.5. The van der Waals surface area contributed by atoms with Crippen LogP contribution < -0.4 is 10.5 Å². The van der Waals surface area contributed by atoms with Crippen molar-refractivity contribution < 1.29 is 9.66 Å². The van der Waals surface area contributed by atoms with Gasteiger partial charge in [-0.2, -0.15) is 0 Å². The molecular formula is C12H13N3O3S. The second-order valence-electron chi connectivity index (χ2n) is 3.99. The van der Waals surface area contributed by atoms with Gasteiger partial charge < -0.3 is 10.5 Å². The van der Waals surface area contributed by atoms with Crippen LogP contribution in [0.2, 0.25) is 0 Å². The van der Waals surface area contributed by atoms with Gasteiger partial charge in [0.25, 0.3) is 5.69 Å². The second-order valence-corrected chi connectivity index (χ2v) is 5.11. The number of non-ortho nitro benzene ring substituents is 1. The third kappa shape index (κ3) is 2.82. The van der Waals surface area contributed by atoms with Gasteiger partial charge in [0, 0.05) is 29.0 Å². The minimum atomic E-state index is -0.420. The number of nitrogen functional groups attached to an aromatic ring is 1. The van der Waals surface area contributed by atoms with Gasteiger partial charge in [-0.05, 0) is 13.0 Å². The number of benzene rings is 1. The summed E-state index contributed by atoms with van der Waals surface area (Å²) in [6, 6.07) is 4.55. The first kappa shape index (κ1) is 13.3. The number of aromatic nitrogens is 1. The molecule has 0 aliphatic heterocycles. The zero-order chi connectivity index (χ0) is 14.0. The Hall–Kier alpha value is -2.15. The highest BCUT2D eigenvalue weighted by atomic mass is 32.1. The molecule has 1 aromatic heterocycles. The standard InChI is InChI=1S/C12H13N3O3S/c1-7-11(19-12(13)14-7)6-8-5-9(15(16)17)3-4-10(8)18-2/h3-5H,6H2,1-2H3,(H2,13,14). The normalized spacial score (nSPS) is 10.4. The summed E-state index contributed by atoms with van der Waals surface area (Å²) in [5.74, 6) is 0.622. The number of thiazole rings is 1. The average molecular weight is 279 g/mol. The van der Waals surface area contributed by atoms with E-state index in [0.29, 0.717) is 17.3 Å². The molecule has 0 aliphatic rings. The van der Waals surface area contributed by atoms with E-state index in [1.54, 1.807) is 13.2 Å². The molecule has 0 saturated carbocycles. The van der Waals surface area contributed by atoms with Crippen LogP contribution in [0.4, 0.5) is 10.8 Å². The van der Waals surface area contributed by atoms with Crippen molar-refractivity contribution in [3.05, 3.63) is 44.4 Å². The first-order valence-electron chi connectivity index (χ1n) is 5.54. The Morgan fingerprint density at radius 1 is 1.53 bits per heavy atom. The summed E-state index contributed by atoms with van der Waals surface area (Å²) >= 11 is 1.38. The van der Waals surface area contributed by atoms with Crippen LogP contribution in [0.1, 0.15) is 16.1 Å². The lowest BCUT2D eigenvalue weighted by molar-refractivity contribution is -0.384. The van der Waals surface area contributed by atoms with E-state index >= 15 is 0 Å². The zero-order valence-electron chi connectivity index (χ0n) is 10.5. The Morgan fingerprint density at radius 2 is 2.26 bits per heavy atom. The van der Waals surface area contributed by atoms with Crippen molar-refractivity contribution in [2.45, 2.75) is 13.3 Å². The lowest BCUT2D eigenvalue weighted by Gasteiger charge is -2.07. The largest absolute Gasteiger partial charge is 0.496 e. The number of methoxy groups -OCH3 is 1. The number of nitro groups is 1. The maximum atomic E-state index is 10.8. The molecule has 0 radical (unpaired) electrons. The lowest BCUT2D eigenvalue weighted by Crippen LogP contribution is -1.96. The summed E-state index contributed by atoms with van der Waals surface area (Å²) in [5.41, 5.74) is 7.29. The number of nitrogens with two attached hydrogens (primary N) is 1. The molecule has 2 aromatic rings. The Bertz CT molecular complexity index is 625. The Labute approximate surface area is 114 Å². The first-order valence-corrected chi connectivity index (χ1v) is 6.36. The fraction of sp³-hybridized carbons (Fsp3) is 0.250. The van der Waals surface area contributed by atoms with Crippen molar-refractivity contribution in [1.82, 2.24) is 4.98 Å². The zero-order valence-corrected chi connectivity index (χ0v) is 11.4. The molecule has 2 rings (SSSR count). The molecule has 2 N–H and O–H groups in total. The predicted molar refractivity (Wildman–Crippen MR) is 73.7 cm³/mol. The smallest absolute Gasteiger partial charge is 0.269 e. The summed E-state index contributed by atoms with van der Waals surface area (Å²) in [6.45, 7) is 1.87. The molecule has 0 fully saturated rings. The fourth-order valence-corrected chi connectivity index (χ4v) is 2.66. The predicted octanol–water partition coefficient (Wildman–Crippen LogP) is 2.54. The molecule has 0 unspecified atom stereocenters. The highest BCUT2D eigenvalue weighted by Gasteiger charge is 2.14. The van der Waals surface area contributed by atoms with E-state index in [1.807, 2.05) is 6.92 Å². The van der Waals surface area contributed by atoms with E-state index < -0.39 is 4.92 Å². The molecule has 0 aliphatic carbocycles. The molecule has 1 aromatic carbocycles. The number of rotatable bonds is 4. The van der Waals surface area contributed by atoms with E-state index in [2.05, 4.69) is 4.98 Å². The number of anilines is 1. The van der Waals surface area contributed by atoms with E-state index in [4.69, 9.17) is 10.5 Å². The summed E-state index contributed by atoms with van der Waals surface area (Å²) in [7, 11) is 1.54. The Morgan fingerprint density at radius 3 is 2.79 bits per heavy atom. The summed E-state index contributed by atoms with van der Waals surface area (Å²) in [5, 5.41) is 11.3. The fourth-order valence-electron chi connectivity index (χ4n) is 1.80. The number of ether oxygens (including phenoxy) is 1. The van der Waals surface area contributed by atoms with E-state index in [1.165, 1.54) is 23.5 Å². The van der Waals surface area contributed by atoms with Crippen LogP contribution >= 0.6 is 11.3 Å². The van der Waals surface area contributed by atoms with Crippen molar-refractivity contribution >= 4 is 22.2 Å². The van der Waals surface area contributed by atoms with Crippen LogP contribution in [0.25, 0.3) is 0 Å². The monoisotopic (exact) mass is 279 g/mol. The van der Waals surface area contributed by atoms with Crippen LogP contribution in [0.3, 0.4) is 0 Å². The molecule has 100 valence electrons. The minimum Gasteiger partial charge on any atom is -0.496 e. The maximum absolute atomic E-state index is 10.8. The topological polar surface area (TPSA) is 91.3 Å². The van der Waals surface area contributed by atoms with Gasteiger partial charge in [0.05, 0.1) is 17.7 Å². The molecule has 0 atom stereocenters. The van der Waals surface area contributed by atoms with E-state index in [0.717, 1.165) is 16.1 Å². The molecule has 7 heteroatoms. The van der Waals surface area contributed by atoms with Gasteiger partial charge in [0.15, 0.2) is 5.13 Å². The van der Waals surface area contributed by atoms with Gasteiger partial charge in [-0.3, -0.25) is 10.1 Å². The van der Waals surface area contributed by atoms with Crippen LogP contribution in [-0.4, -0.2) is 17.0 Å². The third-order valence-corrected chi connectivity index (χ3v) is 3.72. The van der Waals surface area contributed by atoms with Gasteiger partial charge in [-0.25, -0.2) is 4.98 Å². The quantitative estimate of drug-likeness (QED) is 0.686. The average Bonchev–Trinajstić information content (AvgIpc) is 2.67. The summed E-state index contributed by atoms with van der Waals surface area (Å²) < 4.78 is 5.23. The van der Waals surface area contributed by atoms with Crippen LogP contribution in [0, 0.1) is 17.0 Å². The van der Waals surface area contributed by atoms with Gasteiger partial charge in [-0.1, -0.05) is 0 Å². The molecule has 6 nitrogen and oxygen atoms in total. The third-order valence-electron chi connectivity index (χ3n) is 2.74. The van der Waals surface area contributed by atoms with Gasteiger partial charge >= 0.3 is 0 Å². The van der Waals surface area contributed by atoms with Crippen LogP contribution in [0.5, 0.6) is 5.75 Å². The molecule has 0 bridgehead atoms. The number of hydrogen-bond donors (Lipinski definition) is 1. The number of nitro benzene ring substituents is 1. The Kier molecular flexibility index (Phi) is 3.66. The van der Waals surface area contributed by atoms with Crippen molar-refractivity contribution in [2.24, 2.45) is 0 Å². The van der Waals surface area contributed by atoms with Crippen molar-refractivity contribution in [1.29, 1.82) is 0 Å².